The molecule has 0 saturated heterocycles. The van der Waals surface area contributed by atoms with Gasteiger partial charge in [0.05, 0.1) is 0 Å². The third-order valence-electron chi connectivity index (χ3n) is 6.36. The van der Waals surface area contributed by atoms with Crippen LogP contribution >= 0.6 is 0 Å². The van der Waals surface area contributed by atoms with Gasteiger partial charge in [0, 0.05) is 31.7 Å². The lowest BCUT2D eigenvalue weighted by Crippen LogP contribution is -2.56. The Bertz CT molecular complexity index is 986. The molecule has 42 heavy (non-hydrogen) atoms. The van der Waals surface area contributed by atoms with Crippen molar-refractivity contribution in [3.05, 3.63) is 12.2 Å². The molecule has 6 amide bonds. The molecule has 0 aromatic heterocycles. The summed E-state index contributed by atoms with van der Waals surface area (Å²) in [5.41, 5.74) is -0.759. The Kier molecular flexibility index (Phi) is 15.5. The number of imide groups is 1. The number of ether oxygens (including phenoxy) is 1. The highest BCUT2D eigenvalue weighted by molar-refractivity contribution is 6.12. The van der Waals surface area contributed by atoms with Crippen LogP contribution in [0.5, 0.6) is 0 Å². The van der Waals surface area contributed by atoms with Gasteiger partial charge in [0.15, 0.2) is 0 Å². The van der Waals surface area contributed by atoms with Gasteiger partial charge in [-0.25, -0.2) is 4.79 Å². The van der Waals surface area contributed by atoms with Crippen molar-refractivity contribution in [2.24, 2.45) is 5.92 Å². The molecule has 1 heterocycles. The number of esters is 1. The maximum Gasteiger partial charge on any atom is 0.329 e. The predicted molar refractivity (Wildman–Crippen MR) is 154 cm³/mol. The molecule has 1 aliphatic heterocycles. The topological polar surface area (TPSA) is 180 Å². The van der Waals surface area contributed by atoms with Gasteiger partial charge in [-0.1, -0.05) is 20.3 Å². The average Bonchev–Trinajstić information content (AvgIpc) is 3.21. The third kappa shape index (κ3) is 13.7. The first-order chi connectivity index (χ1) is 19.7. The highest BCUT2D eigenvalue weighted by Gasteiger charge is 2.30. The summed E-state index contributed by atoms with van der Waals surface area (Å²) in [5.74, 6) is -2.98. The zero-order valence-electron chi connectivity index (χ0n) is 25.6. The van der Waals surface area contributed by atoms with Crippen molar-refractivity contribution in [2.45, 2.75) is 110 Å². The highest BCUT2D eigenvalue weighted by Crippen LogP contribution is 2.12. The van der Waals surface area contributed by atoms with Crippen molar-refractivity contribution in [1.82, 2.24) is 26.2 Å². The van der Waals surface area contributed by atoms with Gasteiger partial charge in [-0.05, 0) is 65.7 Å². The van der Waals surface area contributed by atoms with E-state index in [0.29, 0.717) is 45.1 Å². The molecule has 0 radical (unpaired) electrons. The Labute approximate surface area is 247 Å². The Balaban J connectivity index is 2.60. The number of nitrogens with one attached hydrogen (secondary N) is 4. The quantitative estimate of drug-likeness (QED) is 0.0737. The van der Waals surface area contributed by atoms with Crippen LogP contribution in [0, 0.1) is 5.92 Å². The van der Waals surface area contributed by atoms with E-state index in [1.54, 1.807) is 34.6 Å². The first-order valence-corrected chi connectivity index (χ1v) is 14.5. The fourth-order valence-corrected chi connectivity index (χ4v) is 4.09. The molecule has 0 bridgehead atoms. The van der Waals surface area contributed by atoms with Crippen LogP contribution in [-0.2, 0) is 38.3 Å². The molecule has 0 spiro atoms. The Hall–Kier alpha value is -3.77. The minimum absolute atomic E-state index is 0.159. The second-order valence-electron chi connectivity index (χ2n) is 11.7. The number of hydrogen-bond acceptors (Lipinski definition) is 8. The molecular weight excluding hydrogens is 546 g/mol. The van der Waals surface area contributed by atoms with E-state index in [-0.39, 0.29) is 43.0 Å². The molecule has 0 saturated carbocycles. The molecule has 2 unspecified atom stereocenters. The van der Waals surface area contributed by atoms with Crippen LogP contribution in [0.15, 0.2) is 12.2 Å². The summed E-state index contributed by atoms with van der Waals surface area (Å²) in [5, 5.41) is 10.5. The van der Waals surface area contributed by atoms with E-state index in [9.17, 15) is 33.6 Å². The first kappa shape index (κ1) is 36.3. The van der Waals surface area contributed by atoms with E-state index in [0.717, 1.165) is 4.90 Å². The maximum absolute atomic E-state index is 13.0. The largest absolute Gasteiger partial charge is 0.458 e. The SMILES string of the molecule is CC(NC(=O)[C@@H](NC(=O)CCCCCN1C(=O)C=CC1=O)C(C)C)C(=O)NC(CCCCNC=O)C(=O)OC(C)(C)C. The summed E-state index contributed by atoms with van der Waals surface area (Å²) in [6.07, 6.45) is 6.33. The number of hydrogen-bond donors (Lipinski definition) is 4. The van der Waals surface area contributed by atoms with Crippen molar-refractivity contribution < 1.29 is 38.3 Å². The van der Waals surface area contributed by atoms with Gasteiger partial charge in [-0.2, -0.15) is 0 Å². The molecule has 13 nitrogen and oxygen atoms in total. The second-order valence-corrected chi connectivity index (χ2v) is 11.7. The molecule has 0 aromatic rings. The van der Waals surface area contributed by atoms with Crippen LogP contribution in [0.25, 0.3) is 0 Å². The number of nitrogens with zero attached hydrogens (tertiary/aromatic N) is 1. The number of amides is 6. The van der Waals surface area contributed by atoms with Gasteiger partial charge < -0.3 is 26.0 Å². The maximum atomic E-state index is 13.0. The number of unbranched alkanes of at least 4 members (excludes halogenated alkanes) is 3. The Morgan fingerprint density at radius 2 is 1.52 bits per heavy atom. The summed E-state index contributed by atoms with van der Waals surface area (Å²) < 4.78 is 5.44. The van der Waals surface area contributed by atoms with Crippen LogP contribution in [0.2, 0.25) is 0 Å². The first-order valence-electron chi connectivity index (χ1n) is 14.5. The minimum atomic E-state index is -0.997. The van der Waals surface area contributed by atoms with Gasteiger partial charge >= 0.3 is 5.97 Å². The average molecular weight is 594 g/mol. The highest BCUT2D eigenvalue weighted by atomic mass is 16.6. The predicted octanol–water partition coefficient (Wildman–Crippen LogP) is 0.860. The van der Waals surface area contributed by atoms with Crippen LogP contribution in [-0.4, -0.2) is 83.6 Å². The molecule has 13 heteroatoms. The Morgan fingerprint density at radius 1 is 0.881 bits per heavy atom. The molecule has 1 aliphatic rings. The Morgan fingerprint density at radius 3 is 2.10 bits per heavy atom. The van der Waals surface area contributed by atoms with Crippen LogP contribution in [0.1, 0.15) is 86.5 Å². The van der Waals surface area contributed by atoms with Crippen molar-refractivity contribution in [3.8, 4) is 0 Å². The lowest BCUT2D eigenvalue weighted by Gasteiger charge is -2.27. The van der Waals surface area contributed by atoms with E-state index in [1.165, 1.54) is 19.1 Å². The summed E-state index contributed by atoms with van der Waals surface area (Å²) in [7, 11) is 0. The molecule has 4 N–H and O–H groups in total. The summed E-state index contributed by atoms with van der Waals surface area (Å²) in [6, 6.07) is -2.82. The van der Waals surface area contributed by atoms with Gasteiger partial charge in [0.2, 0.25) is 24.1 Å². The van der Waals surface area contributed by atoms with Crippen LogP contribution in [0.4, 0.5) is 0 Å². The smallest absolute Gasteiger partial charge is 0.329 e. The molecule has 0 aromatic carbocycles. The van der Waals surface area contributed by atoms with E-state index in [4.69, 9.17) is 4.74 Å². The molecule has 0 aliphatic carbocycles. The third-order valence-corrected chi connectivity index (χ3v) is 6.36. The minimum Gasteiger partial charge on any atom is -0.458 e. The fourth-order valence-electron chi connectivity index (χ4n) is 4.09. The van der Waals surface area contributed by atoms with Crippen LogP contribution < -0.4 is 21.3 Å². The number of carbonyl (C=O) groups is 7. The van der Waals surface area contributed by atoms with Gasteiger partial charge in [0.25, 0.3) is 11.8 Å². The van der Waals surface area contributed by atoms with E-state index in [1.807, 2.05) is 0 Å². The fraction of sp³-hybridized carbons (Fsp3) is 0.690. The molecule has 3 atom stereocenters. The lowest BCUT2D eigenvalue weighted by molar-refractivity contribution is -0.159. The van der Waals surface area contributed by atoms with E-state index in [2.05, 4.69) is 21.3 Å². The van der Waals surface area contributed by atoms with Crippen LogP contribution in [0.3, 0.4) is 0 Å². The summed E-state index contributed by atoms with van der Waals surface area (Å²) >= 11 is 0. The van der Waals surface area contributed by atoms with E-state index < -0.39 is 41.5 Å². The summed E-state index contributed by atoms with van der Waals surface area (Å²) in [4.78, 5) is 85.9. The van der Waals surface area contributed by atoms with Gasteiger partial charge in [-0.3, -0.25) is 33.7 Å². The molecular formula is C29H47N5O8. The normalized spacial score (nSPS) is 15.2. The lowest BCUT2D eigenvalue weighted by atomic mass is 10.0. The van der Waals surface area contributed by atoms with Crippen molar-refractivity contribution >= 4 is 41.9 Å². The summed E-state index contributed by atoms with van der Waals surface area (Å²) in [6.45, 7) is 10.9. The zero-order chi connectivity index (χ0) is 31.9. The molecule has 0 fully saturated rings. The monoisotopic (exact) mass is 593 g/mol. The standard InChI is InChI=1S/C29H47N5O8/c1-19(2)25(33-22(36)13-8-7-11-17-34-23(37)14-15-24(34)38)27(40)31-20(3)26(39)32-21(12-9-10-16-30-18-35)28(41)42-29(4,5)6/h14-15,18-21,25H,7-13,16-17H2,1-6H3,(H,30,35)(H,31,40)(H,32,39)(H,33,36)/t20?,21?,25-/m0/s1. The van der Waals surface area contributed by atoms with Crippen molar-refractivity contribution in [1.29, 1.82) is 0 Å². The van der Waals surface area contributed by atoms with E-state index >= 15 is 0 Å². The van der Waals surface area contributed by atoms with Gasteiger partial charge in [-0.15, -0.1) is 0 Å². The van der Waals surface area contributed by atoms with Gasteiger partial charge in [0.1, 0.15) is 23.7 Å². The number of carbonyl (C=O) groups excluding carboxylic acids is 7. The van der Waals surface area contributed by atoms with Crippen molar-refractivity contribution in [2.75, 3.05) is 13.1 Å². The molecule has 1 rings (SSSR count). The molecule has 236 valence electrons. The van der Waals surface area contributed by atoms with Crippen molar-refractivity contribution in [3.63, 3.8) is 0 Å². The zero-order valence-corrected chi connectivity index (χ0v) is 25.6. The number of rotatable bonds is 19. The second kappa shape index (κ2) is 17.9.